The molecule has 0 bridgehead atoms. The van der Waals surface area contributed by atoms with Crippen molar-refractivity contribution < 1.29 is 13.6 Å². The van der Waals surface area contributed by atoms with Crippen LogP contribution in [-0.2, 0) is 11.2 Å². The lowest BCUT2D eigenvalue weighted by Gasteiger charge is -2.19. The van der Waals surface area contributed by atoms with Gasteiger partial charge < -0.3 is 5.32 Å². The number of anilines is 1. The molecule has 1 aliphatic rings. The molecule has 3 atom stereocenters. The molecule has 0 radical (unpaired) electrons. The predicted octanol–water partition coefficient (Wildman–Crippen LogP) is 4.33. The van der Waals surface area contributed by atoms with Crippen LogP contribution in [0.2, 0.25) is 0 Å². The van der Waals surface area contributed by atoms with E-state index in [9.17, 15) is 13.6 Å². The van der Waals surface area contributed by atoms with E-state index < -0.39 is 12.0 Å². The topological polar surface area (TPSA) is 32.3 Å². The molecule has 3 unspecified atom stereocenters. The van der Waals surface area contributed by atoms with Gasteiger partial charge in [-0.15, -0.1) is 0 Å². The summed E-state index contributed by atoms with van der Waals surface area (Å²) >= 11 is 0. The zero-order chi connectivity index (χ0) is 17.7. The van der Waals surface area contributed by atoms with Crippen molar-refractivity contribution in [2.24, 2.45) is 5.92 Å². The number of nitrogens with one attached hydrogen (secondary N) is 1. The molecule has 23 heavy (non-hydrogen) atoms. The molecule has 0 aromatic heterocycles. The zero-order valence-electron chi connectivity index (χ0n) is 14.9. The number of fused-ring (bicyclic) bond motifs is 1. The lowest BCUT2D eigenvalue weighted by atomic mass is 10.0. The van der Waals surface area contributed by atoms with Gasteiger partial charge in [0.1, 0.15) is 12.0 Å². The van der Waals surface area contributed by atoms with Crippen LogP contribution in [0.1, 0.15) is 51.4 Å². The second-order valence-electron chi connectivity index (χ2n) is 5.93. The minimum Gasteiger partial charge on any atom is -0.325 e. The molecule has 2 rings (SSSR count). The first-order valence-electron chi connectivity index (χ1n) is 8.28. The first-order chi connectivity index (χ1) is 10.8. The Morgan fingerprint density at radius 3 is 2.52 bits per heavy atom. The molecule has 0 fully saturated rings. The number of hydrogen-bond acceptors (Lipinski definition) is 2. The summed E-state index contributed by atoms with van der Waals surface area (Å²) in [4.78, 5) is 13.8. The van der Waals surface area contributed by atoms with Crippen molar-refractivity contribution in [3.8, 4) is 0 Å². The second kappa shape index (κ2) is 8.39. The molecule has 1 aliphatic carbocycles. The minimum atomic E-state index is -1.15. The first-order valence-corrected chi connectivity index (χ1v) is 8.28. The van der Waals surface area contributed by atoms with Crippen LogP contribution in [-0.4, -0.2) is 30.9 Å². The van der Waals surface area contributed by atoms with Gasteiger partial charge in [0.05, 0.1) is 6.04 Å². The molecule has 1 amide bonds. The Bertz CT molecular complexity index is 546. The number of likely N-dealkylation sites (N-methyl/N-ethyl adjacent to an activating group) is 1. The molecule has 0 heterocycles. The maximum absolute atomic E-state index is 14.3. The first kappa shape index (κ1) is 19.6. The summed E-state index contributed by atoms with van der Waals surface area (Å²) in [5.41, 5.74) is 1.16. The van der Waals surface area contributed by atoms with Crippen LogP contribution >= 0.6 is 0 Å². The normalized spacial score (nSPS) is 20.6. The number of halogens is 2. The van der Waals surface area contributed by atoms with Gasteiger partial charge in [-0.2, -0.15) is 0 Å². The molecule has 1 aromatic rings. The van der Waals surface area contributed by atoms with Crippen LogP contribution in [0.25, 0.3) is 0 Å². The largest absolute Gasteiger partial charge is 0.325 e. The zero-order valence-corrected chi connectivity index (χ0v) is 14.9. The highest BCUT2D eigenvalue weighted by Gasteiger charge is 2.34. The van der Waals surface area contributed by atoms with Crippen molar-refractivity contribution in [1.29, 1.82) is 0 Å². The van der Waals surface area contributed by atoms with Gasteiger partial charge in [-0.05, 0) is 63.0 Å². The van der Waals surface area contributed by atoms with Gasteiger partial charge in [0, 0.05) is 5.69 Å². The highest BCUT2D eigenvalue weighted by atomic mass is 19.1. The molecule has 0 saturated carbocycles. The van der Waals surface area contributed by atoms with Crippen molar-refractivity contribution in [2.45, 2.75) is 52.8 Å². The lowest BCUT2D eigenvalue weighted by Crippen LogP contribution is -2.37. The Morgan fingerprint density at radius 2 is 2.00 bits per heavy atom. The van der Waals surface area contributed by atoms with Crippen LogP contribution in [0.15, 0.2) is 12.1 Å². The van der Waals surface area contributed by atoms with Gasteiger partial charge in [0.15, 0.2) is 0 Å². The molecule has 130 valence electrons. The molecule has 0 aliphatic heterocycles. The van der Waals surface area contributed by atoms with E-state index in [4.69, 9.17) is 0 Å². The summed E-state index contributed by atoms with van der Waals surface area (Å²) < 4.78 is 28.4. The van der Waals surface area contributed by atoms with Crippen molar-refractivity contribution in [2.75, 3.05) is 19.4 Å². The van der Waals surface area contributed by atoms with Gasteiger partial charge in [-0.25, -0.2) is 8.78 Å². The fraction of sp³-hybridized carbons (Fsp3) is 0.611. The van der Waals surface area contributed by atoms with Crippen LogP contribution in [0.4, 0.5) is 14.5 Å². The van der Waals surface area contributed by atoms with E-state index in [1.54, 1.807) is 32.0 Å². The summed E-state index contributed by atoms with van der Waals surface area (Å²) in [6, 6.07) is 2.51. The molecule has 1 aromatic carbocycles. The highest BCUT2D eigenvalue weighted by molar-refractivity contribution is 5.94. The van der Waals surface area contributed by atoms with Crippen molar-refractivity contribution >= 4 is 11.6 Å². The molecular formula is C18H28F2N2O. The molecular weight excluding hydrogens is 298 g/mol. The third-order valence-electron chi connectivity index (χ3n) is 4.35. The fourth-order valence-electron chi connectivity index (χ4n) is 2.64. The van der Waals surface area contributed by atoms with Gasteiger partial charge in [-0.3, -0.25) is 9.69 Å². The standard InChI is InChI=1S/C16H22F2N2O.C2H6/c1-5-10-6-12-13(15(10)18)7-11(8-14(12)17)19-16(21)9(2)20(3)4;1-2/h7-10,15H,5-6H2,1-4H3,(H,19,21);1-2H3. The number of carbonyl (C=O) groups is 1. The van der Waals surface area contributed by atoms with E-state index in [0.29, 0.717) is 29.7 Å². The Labute approximate surface area is 138 Å². The SMILES string of the molecule is CC.CCC1Cc2c(F)cc(NC(=O)C(C)N(C)C)cc2C1F. The van der Waals surface area contributed by atoms with Crippen LogP contribution in [0, 0.1) is 11.7 Å². The summed E-state index contributed by atoms with van der Waals surface area (Å²) in [5.74, 6) is -0.833. The molecule has 3 nitrogen and oxygen atoms in total. The van der Waals surface area contributed by atoms with Crippen LogP contribution in [0.3, 0.4) is 0 Å². The van der Waals surface area contributed by atoms with Crippen LogP contribution < -0.4 is 5.32 Å². The van der Waals surface area contributed by atoms with E-state index in [2.05, 4.69) is 5.32 Å². The number of carbonyl (C=O) groups excluding carboxylic acids is 1. The number of alkyl halides is 1. The fourth-order valence-corrected chi connectivity index (χ4v) is 2.64. The summed E-state index contributed by atoms with van der Waals surface area (Å²) in [7, 11) is 3.58. The average molecular weight is 326 g/mol. The Morgan fingerprint density at radius 1 is 1.39 bits per heavy atom. The van der Waals surface area contributed by atoms with Crippen molar-refractivity contribution in [3.63, 3.8) is 0 Å². The predicted molar refractivity (Wildman–Crippen MR) is 90.9 cm³/mol. The van der Waals surface area contributed by atoms with Gasteiger partial charge in [-0.1, -0.05) is 20.8 Å². The summed E-state index contributed by atoms with van der Waals surface area (Å²) in [6.45, 7) is 7.66. The van der Waals surface area contributed by atoms with Gasteiger partial charge >= 0.3 is 0 Å². The van der Waals surface area contributed by atoms with Crippen LogP contribution in [0.5, 0.6) is 0 Å². The minimum absolute atomic E-state index is 0.166. The number of rotatable bonds is 4. The third kappa shape index (κ3) is 4.28. The van der Waals surface area contributed by atoms with E-state index in [1.165, 1.54) is 6.07 Å². The Kier molecular flexibility index (Phi) is 7.13. The molecule has 0 spiro atoms. The van der Waals surface area contributed by atoms with Crippen molar-refractivity contribution in [3.05, 3.63) is 29.1 Å². The maximum Gasteiger partial charge on any atom is 0.241 e. The monoisotopic (exact) mass is 326 g/mol. The van der Waals surface area contributed by atoms with E-state index in [-0.39, 0.29) is 17.9 Å². The number of hydrogen-bond donors (Lipinski definition) is 1. The smallest absolute Gasteiger partial charge is 0.241 e. The molecule has 5 heteroatoms. The Hall–Kier alpha value is -1.49. The number of amides is 1. The van der Waals surface area contributed by atoms with E-state index in [0.717, 1.165) is 0 Å². The Balaban J connectivity index is 0.00000127. The molecule has 1 N–H and O–H groups in total. The maximum atomic E-state index is 14.3. The lowest BCUT2D eigenvalue weighted by molar-refractivity contribution is -0.119. The van der Waals surface area contributed by atoms with Gasteiger partial charge in [0.25, 0.3) is 0 Å². The summed E-state index contributed by atoms with van der Waals surface area (Å²) in [6.07, 6.45) is -0.0434. The van der Waals surface area contributed by atoms with Crippen molar-refractivity contribution in [1.82, 2.24) is 4.90 Å². The second-order valence-corrected chi connectivity index (χ2v) is 5.93. The quantitative estimate of drug-likeness (QED) is 0.893. The number of nitrogens with zero attached hydrogens (tertiary/aromatic N) is 1. The molecule has 0 saturated heterocycles. The highest BCUT2D eigenvalue weighted by Crippen LogP contribution is 2.42. The van der Waals surface area contributed by atoms with E-state index >= 15 is 0 Å². The van der Waals surface area contributed by atoms with E-state index in [1.807, 2.05) is 20.8 Å². The third-order valence-corrected chi connectivity index (χ3v) is 4.35. The summed E-state index contributed by atoms with van der Waals surface area (Å²) in [5, 5.41) is 2.66. The number of benzene rings is 1. The average Bonchev–Trinajstić information content (AvgIpc) is 2.85. The van der Waals surface area contributed by atoms with Gasteiger partial charge in [0.2, 0.25) is 5.91 Å².